The van der Waals surface area contributed by atoms with Gasteiger partial charge in [0, 0.05) is 5.88 Å². The molecule has 0 rings (SSSR count). The first kappa shape index (κ1) is 15.2. The van der Waals surface area contributed by atoms with Crippen molar-refractivity contribution in [3.8, 4) is 0 Å². The normalized spacial score (nSPS) is 13.4. The third-order valence-electron chi connectivity index (χ3n) is 2.36. The molecule has 0 fully saturated rings. The van der Waals surface area contributed by atoms with Gasteiger partial charge < -0.3 is 10.1 Å². The Morgan fingerprint density at radius 2 is 1.88 bits per heavy atom. The Balaban J connectivity index is 4.65. The van der Waals surface area contributed by atoms with E-state index < -0.39 is 17.4 Å². The van der Waals surface area contributed by atoms with Crippen molar-refractivity contribution in [2.24, 2.45) is 11.3 Å². The van der Waals surface area contributed by atoms with E-state index in [4.69, 9.17) is 11.6 Å². The van der Waals surface area contributed by atoms with Crippen LogP contribution in [0.3, 0.4) is 0 Å². The molecule has 1 amide bonds. The summed E-state index contributed by atoms with van der Waals surface area (Å²) in [6.45, 7) is 7.14. The van der Waals surface area contributed by atoms with Gasteiger partial charge in [-0.15, -0.1) is 11.6 Å². The van der Waals surface area contributed by atoms with E-state index in [2.05, 4.69) is 10.1 Å². The van der Waals surface area contributed by atoms with E-state index in [-0.39, 0.29) is 17.7 Å². The van der Waals surface area contributed by atoms with Crippen LogP contribution in [0.4, 0.5) is 0 Å². The molecule has 0 saturated carbocycles. The largest absolute Gasteiger partial charge is 0.467 e. The summed E-state index contributed by atoms with van der Waals surface area (Å²) in [6, 6.07) is -0.625. The van der Waals surface area contributed by atoms with Crippen molar-refractivity contribution in [3.05, 3.63) is 0 Å². The highest BCUT2D eigenvalue weighted by molar-refractivity contribution is 6.19. The Bertz CT molecular complexity index is 264. The van der Waals surface area contributed by atoms with E-state index in [1.54, 1.807) is 13.8 Å². The van der Waals surface area contributed by atoms with Gasteiger partial charge in [0.15, 0.2) is 0 Å². The Morgan fingerprint density at radius 3 is 2.19 bits per heavy atom. The summed E-state index contributed by atoms with van der Waals surface area (Å²) in [5, 5.41) is 2.66. The molecule has 0 aromatic rings. The second kappa shape index (κ2) is 6.09. The number of carbonyl (C=O) groups excluding carboxylic acids is 2. The molecule has 0 bridgehead atoms. The number of methoxy groups -OCH3 is 1. The molecule has 16 heavy (non-hydrogen) atoms. The molecule has 1 N–H and O–H groups in total. The summed E-state index contributed by atoms with van der Waals surface area (Å²) < 4.78 is 4.63. The zero-order valence-electron chi connectivity index (χ0n) is 10.5. The van der Waals surface area contributed by atoms with Gasteiger partial charge >= 0.3 is 5.97 Å². The van der Waals surface area contributed by atoms with Gasteiger partial charge in [-0.3, -0.25) is 4.79 Å². The maximum absolute atomic E-state index is 11.8. The molecule has 1 unspecified atom stereocenters. The lowest BCUT2D eigenvalue weighted by Crippen LogP contribution is -2.50. The number of halogens is 1. The lowest BCUT2D eigenvalue weighted by atomic mass is 9.93. The van der Waals surface area contributed by atoms with Crippen molar-refractivity contribution in [1.29, 1.82) is 0 Å². The van der Waals surface area contributed by atoms with Crippen LogP contribution in [0.15, 0.2) is 0 Å². The van der Waals surface area contributed by atoms with E-state index in [1.807, 2.05) is 13.8 Å². The summed E-state index contributed by atoms with van der Waals surface area (Å²) in [5.74, 6) is -0.506. The topological polar surface area (TPSA) is 55.4 Å². The number of hydrogen-bond donors (Lipinski definition) is 1. The monoisotopic (exact) mass is 249 g/mol. The van der Waals surface area contributed by atoms with Crippen molar-refractivity contribution < 1.29 is 14.3 Å². The molecule has 4 nitrogen and oxygen atoms in total. The van der Waals surface area contributed by atoms with Crippen molar-refractivity contribution in [2.75, 3.05) is 13.0 Å². The maximum Gasteiger partial charge on any atom is 0.328 e. The van der Waals surface area contributed by atoms with Crippen LogP contribution in [-0.2, 0) is 14.3 Å². The maximum atomic E-state index is 11.8. The van der Waals surface area contributed by atoms with Gasteiger partial charge in [-0.2, -0.15) is 0 Å². The van der Waals surface area contributed by atoms with Crippen molar-refractivity contribution in [1.82, 2.24) is 5.32 Å². The molecular weight excluding hydrogens is 230 g/mol. The van der Waals surface area contributed by atoms with E-state index >= 15 is 0 Å². The fourth-order valence-corrected chi connectivity index (χ4v) is 1.14. The molecule has 94 valence electrons. The van der Waals surface area contributed by atoms with Crippen molar-refractivity contribution >= 4 is 23.5 Å². The summed E-state index contributed by atoms with van der Waals surface area (Å²) >= 11 is 5.69. The van der Waals surface area contributed by atoms with Gasteiger partial charge in [0.25, 0.3) is 0 Å². The lowest BCUT2D eigenvalue weighted by Gasteiger charge is -2.26. The van der Waals surface area contributed by atoms with E-state index in [0.29, 0.717) is 0 Å². The number of hydrogen-bond acceptors (Lipinski definition) is 3. The zero-order valence-corrected chi connectivity index (χ0v) is 11.2. The standard InChI is InChI=1S/C11H20ClNO3/c1-7(2)8(9(14)16-5)13-10(15)11(3,4)6-12/h7-8H,6H2,1-5H3,(H,13,15). The average Bonchev–Trinajstić information content (AvgIpc) is 2.23. The molecule has 0 aliphatic rings. The summed E-state index contributed by atoms with van der Waals surface area (Å²) in [5.41, 5.74) is -0.692. The number of nitrogens with one attached hydrogen (secondary N) is 1. The van der Waals surface area contributed by atoms with Crippen LogP contribution in [0.2, 0.25) is 0 Å². The van der Waals surface area contributed by atoms with Crippen molar-refractivity contribution in [3.63, 3.8) is 0 Å². The van der Waals surface area contributed by atoms with Crippen LogP contribution in [0.25, 0.3) is 0 Å². The molecule has 1 atom stereocenters. The Labute approximate surface area is 102 Å². The third kappa shape index (κ3) is 4.00. The van der Waals surface area contributed by atoms with E-state index in [9.17, 15) is 9.59 Å². The number of rotatable bonds is 5. The molecule has 0 aromatic heterocycles. The molecule has 0 saturated heterocycles. The van der Waals surface area contributed by atoms with E-state index in [0.717, 1.165) is 0 Å². The predicted molar refractivity (Wildman–Crippen MR) is 63.3 cm³/mol. The van der Waals surface area contributed by atoms with Gasteiger partial charge in [-0.1, -0.05) is 13.8 Å². The number of carbonyl (C=O) groups is 2. The first-order chi connectivity index (χ1) is 7.26. The van der Waals surface area contributed by atoms with E-state index in [1.165, 1.54) is 7.11 Å². The van der Waals surface area contributed by atoms with Crippen LogP contribution in [0, 0.1) is 11.3 Å². The van der Waals surface area contributed by atoms with Gasteiger partial charge in [0.05, 0.1) is 12.5 Å². The zero-order chi connectivity index (χ0) is 12.9. The molecule has 0 spiro atoms. The molecule has 5 heteroatoms. The highest BCUT2D eigenvalue weighted by Gasteiger charge is 2.32. The highest BCUT2D eigenvalue weighted by atomic mass is 35.5. The lowest BCUT2D eigenvalue weighted by molar-refractivity contribution is -0.147. The van der Waals surface area contributed by atoms with Crippen LogP contribution in [-0.4, -0.2) is 30.9 Å². The quantitative estimate of drug-likeness (QED) is 0.594. The second-order valence-electron chi connectivity index (χ2n) is 4.74. The smallest absolute Gasteiger partial charge is 0.328 e. The predicted octanol–water partition coefficient (Wildman–Crippen LogP) is 1.57. The summed E-state index contributed by atoms with van der Waals surface area (Å²) in [6.07, 6.45) is 0. The van der Waals surface area contributed by atoms with Crippen LogP contribution >= 0.6 is 11.6 Å². The van der Waals surface area contributed by atoms with Gasteiger partial charge in [-0.25, -0.2) is 4.79 Å². The molecule has 0 aromatic carbocycles. The van der Waals surface area contributed by atoms with Gasteiger partial charge in [0.1, 0.15) is 6.04 Å². The number of alkyl halides is 1. The Kier molecular flexibility index (Phi) is 5.79. The average molecular weight is 250 g/mol. The molecular formula is C11H20ClNO3. The van der Waals surface area contributed by atoms with Gasteiger partial charge in [-0.05, 0) is 19.8 Å². The fraction of sp³-hybridized carbons (Fsp3) is 0.818. The number of amides is 1. The first-order valence-electron chi connectivity index (χ1n) is 5.21. The van der Waals surface area contributed by atoms with Crippen molar-refractivity contribution in [2.45, 2.75) is 33.7 Å². The Morgan fingerprint density at radius 1 is 1.38 bits per heavy atom. The third-order valence-corrected chi connectivity index (χ3v) is 3.03. The Hall–Kier alpha value is -0.770. The molecule has 0 radical (unpaired) electrons. The highest BCUT2D eigenvalue weighted by Crippen LogP contribution is 2.18. The van der Waals surface area contributed by atoms with Crippen LogP contribution in [0.5, 0.6) is 0 Å². The summed E-state index contributed by atoms with van der Waals surface area (Å²) in [4.78, 5) is 23.3. The van der Waals surface area contributed by atoms with Crippen LogP contribution in [0.1, 0.15) is 27.7 Å². The van der Waals surface area contributed by atoms with Gasteiger partial charge in [0.2, 0.25) is 5.91 Å². The van der Waals surface area contributed by atoms with Crippen LogP contribution < -0.4 is 5.32 Å². The molecule has 0 aliphatic heterocycles. The number of esters is 1. The summed E-state index contributed by atoms with van der Waals surface area (Å²) in [7, 11) is 1.30. The minimum absolute atomic E-state index is 0.0254. The minimum Gasteiger partial charge on any atom is -0.467 e. The fourth-order valence-electron chi connectivity index (χ4n) is 1.02. The second-order valence-corrected chi connectivity index (χ2v) is 5.00. The minimum atomic E-state index is -0.692. The number of ether oxygens (including phenoxy) is 1. The molecule has 0 aliphatic carbocycles. The SMILES string of the molecule is COC(=O)C(NC(=O)C(C)(C)CCl)C(C)C. The molecule has 0 heterocycles. The first-order valence-corrected chi connectivity index (χ1v) is 5.74.